The van der Waals surface area contributed by atoms with Crippen molar-refractivity contribution in [1.82, 2.24) is 10.2 Å². The summed E-state index contributed by atoms with van der Waals surface area (Å²) in [6.07, 6.45) is 1.36. The summed E-state index contributed by atoms with van der Waals surface area (Å²) in [4.78, 5) is 13.2. The van der Waals surface area contributed by atoms with Crippen molar-refractivity contribution in [3.8, 4) is 0 Å². The van der Waals surface area contributed by atoms with E-state index in [-0.39, 0.29) is 6.03 Å². The zero-order chi connectivity index (χ0) is 14.3. The molecule has 0 spiro atoms. The lowest BCUT2D eigenvalue weighted by molar-refractivity contribution is 0.144. The molecule has 0 aliphatic rings. The van der Waals surface area contributed by atoms with Gasteiger partial charge in [0.2, 0.25) is 0 Å². The highest BCUT2D eigenvalue weighted by molar-refractivity contribution is 5.73. The molecule has 0 fully saturated rings. The molecule has 0 aliphatic carbocycles. The molecular weight excluding hydrogens is 240 g/mol. The van der Waals surface area contributed by atoms with Gasteiger partial charge in [0, 0.05) is 20.1 Å². The first-order valence-electron chi connectivity index (χ1n) is 6.77. The van der Waals surface area contributed by atoms with Crippen LogP contribution >= 0.6 is 0 Å². The maximum absolute atomic E-state index is 11.7. The van der Waals surface area contributed by atoms with Gasteiger partial charge in [-0.1, -0.05) is 31.2 Å². The Labute approximate surface area is 115 Å². The van der Waals surface area contributed by atoms with E-state index in [4.69, 9.17) is 0 Å². The van der Waals surface area contributed by atoms with Gasteiger partial charge in [0.15, 0.2) is 0 Å². The van der Waals surface area contributed by atoms with Crippen LogP contribution in [0.4, 0.5) is 4.79 Å². The number of nitrogens with zero attached hydrogens (tertiary/aromatic N) is 1. The zero-order valence-corrected chi connectivity index (χ0v) is 12.0. The number of aliphatic hydroxyl groups is 1. The smallest absolute Gasteiger partial charge is 0.317 e. The second kappa shape index (κ2) is 7.79. The molecule has 106 valence electrons. The molecule has 0 radical (unpaired) electrons. The number of benzene rings is 1. The normalized spacial score (nSPS) is 12.0. The predicted octanol–water partition coefficient (Wildman–Crippen LogP) is 1.81. The quantitative estimate of drug-likeness (QED) is 0.823. The van der Waals surface area contributed by atoms with E-state index < -0.39 is 6.10 Å². The average molecular weight is 264 g/mol. The minimum absolute atomic E-state index is 0.147. The third-order valence-corrected chi connectivity index (χ3v) is 3.01. The highest BCUT2D eigenvalue weighted by Crippen LogP contribution is 2.05. The Balaban J connectivity index is 2.31. The highest BCUT2D eigenvalue weighted by atomic mass is 16.3. The molecule has 0 aromatic heterocycles. The molecule has 1 aromatic carbocycles. The van der Waals surface area contributed by atoms with E-state index in [1.54, 1.807) is 14.0 Å². The lowest BCUT2D eigenvalue weighted by Gasteiger charge is -2.19. The molecule has 4 heteroatoms. The number of aryl methyl sites for hydroxylation is 1. The van der Waals surface area contributed by atoms with Crippen LogP contribution in [0.15, 0.2) is 24.3 Å². The van der Waals surface area contributed by atoms with Gasteiger partial charge in [0.25, 0.3) is 0 Å². The molecule has 0 saturated carbocycles. The van der Waals surface area contributed by atoms with Crippen LogP contribution in [-0.4, -0.2) is 42.3 Å². The number of nitrogens with one attached hydrogen (secondary N) is 1. The van der Waals surface area contributed by atoms with E-state index in [0.717, 1.165) is 12.8 Å². The summed E-state index contributed by atoms with van der Waals surface area (Å²) in [6, 6.07) is 8.30. The van der Waals surface area contributed by atoms with E-state index in [1.165, 1.54) is 16.0 Å². The fourth-order valence-corrected chi connectivity index (χ4v) is 1.87. The van der Waals surface area contributed by atoms with Crippen LogP contribution in [0.2, 0.25) is 0 Å². The molecule has 1 atom stereocenters. The summed E-state index contributed by atoms with van der Waals surface area (Å²) in [5.74, 6) is 0. The van der Waals surface area contributed by atoms with Crippen molar-refractivity contribution < 1.29 is 9.90 Å². The molecule has 1 rings (SSSR count). The predicted molar refractivity (Wildman–Crippen MR) is 77.2 cm³/mol. The van der Waals surface area contributed by atoms with Gasteiger partial charge in [-0.2, -0.15) is 0 Å². The number of carbonyl (C=O) groups is 1. The van der Waals surface area contributed by atoms with E-state index >= 15 is 0 Å². The Morgan fingerprint density at radius 3 is 2.42 bits per heavy atom. The van der Waals surface area contributed by atoms with Gasteiger partial charge in [0.1, 0.15) is 0 Å². The number of hydrogen-bond acceptors (Lipinski definition) is 2. The molecule has 0 aliphatic heterocycles. The Morgan fingerprint density at radius 2 is 1.89 bits per heavy atom. The van der Waals surface area contributed by atoms with E-state index in [9.17, 15) is 9.90 Å². The molecule has 2 amide bonds. The number of hydrogen-bond donors (Lipinski definition) is 2. The second-order valence-electron chi connectivity index (χ2n) is 4.88. The molecule has 2 N–H and O–H groups in total. The van der Waals surface area contributed by atoms with Gasteiger partial charge in [-0.25, -0.2) is 4.79 Å². The van der Waals surface area contributed by atoms with Gasteiger partial charge in [-0.3, -0.25) is 0 Å². The standard InChI is InChI=1S/C15H24N2O2/c1-4-13-5-7-14(8-6-13)9-10-16-15(19)17(3)11-12(2)18/h5-8,12,18H,4,9-11H2,1-3H3,(H,16,19). The van der Waals surface area contributed by atoms with Gasteiger partial charge < -0.3 is 15.3 Å². The van der Waals surface area contributed by atoms with Crippen molar-refractivity contribution in [2.24, 2.45) is 0 Å². The maximum atomic E-state index is 11.7. The highest BCUT2D eigenvalue weighted by Gasteiger charge is 2.09. The molecule has 0 saturated heterocycles. The summed E-state index contributed by atoms with van der Waals surface area (Å²) in [6.45, 7) is 4.75. The molecule has 1 aromatic rings. The summed E-state index contributed by atoms with van der Waals surface area (Å²) in [5, 5.41) is 12.0. The maximum Gasteiger partial charge on any atom is 0.317 e. The van der Waals surface area contributed by atoms with Crippen molar-refractivity contribution in [1.29, 1.82) is 0 Å². The largest absolute Gasteiger partial charge is 0.392 e. The molecule has 4 nitrogen and oxygen atoms in total. The van der Waals surface area contributed by atoms with Crippen LogP contribution in [0.3, 0.4) is 0 Å². The van der Waals surface area contributed by atoms with Crippen molar-refractivity contribution in [2.75, 3.05) is 20.1 Å². The van der Waals surface area contributed by atoms with Crippen molar-refractivity contribution >= 4 is 6.03 Å². The summed E-state index contributed by atoms with van der Waals surface area (Å²) < 4.78 is 0. The van der Waals surface area contributed by atoms with Crippen LogP contribution < -0.4 is 5.32 Å². The molecular formula is C15H24N2O2. The summed E-state index contributed by atoms with van der Waals surface area (Å²) >= 11 is 0. The molecule has 0 heterocycles. The molecule has 0 bridgehead atoms. The fourth-order valence-electron chi connectivity index (χ4n) is 1.87. The number of likely N-dealkylation sites (N-methyl/N-ethyl adjacent to an activating group) is 1. The molecule has 1 unspecified atom stereocenters. The lowest BCUT2D eigenvalue weighted by Crippen LogP contribution is -2.41. The SMILES string of the molecule is CCc1ccc(CCNC(=O)N(C)CC(C)O)cc1. The first kappa shape index (κ1) is 15.5. The number of aliphatic hydroxyl groups excluding tert-OH is 1. The van der Waals surface area contributed by atoms with Crippen molar-refractivity contribution in [2.45, 2.75) is 32.8 Å². The number of rotatable bonds is 6. The number of amides is 2. The zero-order valence-electron chi connectivity index (χ0n) is 12.0. The minimum atomic E-state index is -0.502. The third-order valence-electron chi connectivity index (χ3n) is 3.01. The second-order valence-corrected chi connectivity index (χ2v) is 4.88. The van der Waals surface area contributed by atoms with Gasteiger partial charge in [0.05, 0.1) is 6.10 Å². The Bertz CT molecular complexity index is 388. The van der Waals surface area contributed by atoms with Crippen LogP contribution in [0, 0.1) is 0 Å². The van der Waals surface area contributed by atoms with Gasteiger partial charge in [-0.15, -0.1) is 0 Å². The Morgan fingerprint density at radius 1 is 1.32 bits per heavy atom. The van der Waals surface area contributed by atoms with E-state index in [0.29, 0.717) is 13.1 Å². The summed E-state index contributed by atoms with van der Waals surface area (Å²) in [5.41, 5.74) is 2.54. The Hall–Kier alpha value is -1.55. The number of carbonyl (C=O) groups excluding carboxylic acids is 1. The van der Waals surface area contributed by atoms with Crippen LogP contribution in [0.5, 0.6) is 0 Å². The van der Waals surface area contributed by atoms with Crippen LogP contribution in [-0.2, 0) is 12.8 Å². The van der Waals surface area contributed by atoms with Crippen molar-refractivity contribution in [3.63, 3.8) is 0 Å². The van der Waals surface area contributed by atoms with E-state index in [2.05, 4.69) is 36.5 Å². The first-order chi connectivity index (χ1) is 9.02. The van der Waals surface area contributed by atoms with Gasteiger partial charge >= 0.3 is 6.03 Å². The van der Waals surface area contributed by atoms with Crippen LogP contribution in [0.1, 0.15) is 25.0 Å². The minimum Gasteiger partial charge on any atom is -0.392 e. The van der Waals surface area contributed by atoms with Gasteiger partial charge in [-0.05, 0) is 30.9 Å². The Kier molecular flexibility index (Phi) is 6.36. The topological polar surface area (TPSA) is 52.6 Å². The molecule has 19 heavy (non-hydrogen) atoms. The lowest BCUT2D eigenvalue weighted by atomic mass is 10.1. The fraction of sp³-hybridized carbons (Fsp3) is 0.533. The monoisotopic (exact) mass is 264 g/mol. The van der Waals surface area contributed by atoms with Crippen LogP contribution in [0.25, 0.3) is 0 Å². The number of urea groups is 1. The van der Waals surface area contributed by atoms with E-state index in [1.807, 2.05) is 0 Å². The first-order valence-corrected chi connectivity index (χ1v) is 6.77. The summed E-state index contributed by atoms with van der Waals surface area (Å²) in [7, 11) is 1.68. The average Bonchev–Trinajstić information content (AvgIpc) is 2.38. The van der Waals surface area contributed by atoms with Crippen molar-refractivity contribution in [3.05, 3.63) is 35.4 Å². The third kappa shape index (κ3) is 5.75.